The van der Waals surface area contributed by atoms with Gasteiger partial charge in [0.05, 0.1) is 12.2 Å². The van der Waals surface area contributed by atoms with E-state index in [-0.39, 0.29) is 24.0 Å². The van der Waals surface area contributed by atoms with Crippen molar-refractivity contribution in [3.05, 3.63) is 17.5 Å². The number of nitrogens with one attached hydrogen (secondary N) is 2. The Balaban J connectivity index is 0.00000264. The van der Waals surface area contributed by atoms with Crippen LogP contribution in [-0.4, -0.2) is 38.4 Å². The lowest BCUT2D eigenvalue weighted by Gasteiger charge is -2.42. The lowest BCUT2D eigenvalue weighted by molar-refractivity contribution is 0.0732. The van der Waals surface area contributed by atoms with E-state index in [2.05, 4.69) is 27.7 Å². The first-order chi connectivity index (χ1) is 10.7. The molecule has 0 bridgehead atoms. The molecule has 1 aliphatic rings. The monoisotopic (exact) mass is 436 g/mol. The molecular formula is C16H29IN4O2. The molecule has 1 aromatic rings. The normalized spacial score (nSPS) is 16.4. The fourth-order valence-electron chi connectivity index (χ4n) is 2.78. The van der Waals surface area contributed by atoms with Crippen LogP contribution < -0.4 is 10.6 Å². The van der Waals surface area contributed by atoms with Crippen LogP contribution in [0.15, 0.2) is 15.6 Å². The Hall–Kier alpha value is -0.830. The Bertz CT molecular complexity index is 486. The highest BCUT2D eigenvalue weighted by Crippen LogP contribution is 2.43. The molecule has 0 saturated heterocycles. The first kappa shape index (κ1) is 20.2. The third-order valence-corrected chi connectivity index (χ3v) is 4.51. The van der Waals surface area contributed by atoms with Gasteiger partial charge in [-0.2, -0.15) is 0 Å². The summed E-state index contributed by atoms with van der Waals surface area (Å²) in [7, 11) is 3.55. The van der Waals surface area contributed by atoms with Crippen LogP contribution in [0.25, 0.3) is 0 Å². The number of ether oxygens (including phenoxy) is 1. The molecule has 0 radical (unpaired) electrons. The van der Waals surface area contributed by atoms with Crippen molar-refractivity contribution in [3.8, 4) is 0 Å². The molecule has 1 aromatic heterocycles. The summed E-state index contributed by atoms with van der Waals surface area (Å²) in [5.74, 6) is 1.63. The minimum absolute atomic E-state index is 0. The molecule has 0 amide bonds. The van der Waals surface area contributed by atoms with Crippen molar-refractivity contribution in [2.24, 2.45) is 10.4 Å². The first-order valence-corrected chi connectivity index (χ1v) is 8.09. The number of methoxy groups -OCH3 is 1. The molecule has 2 rings (SSSR count). The number of hydrogen-bond acceptors (Lipinski definition) is 4. The SMILES string of the molecule is CCc1cc(CNC(=NC)NCC2(CCOC)CCC2)on1.I. The Labute approximate surface area is 155 Å². The van der Waals surface area contributed by atoms with Crippen molar-refractivity contribution in [1.82, 2.24) is 15.8 Å². The largest absolute Gasteiger partial charge is 0.385 e. The van der Waals surface area contributed by atoms with E-state index in [4.69, 9.17) is 9.26 Å². The van der Waals surface area contributed by atoms with E-state index < -0.39 is 0 Å². The molecule has 0 aromatic carbocycles. The van der Waals surface area contributed by atoms with Crippen molar-refractivity contribution >= 4 is 29.9 Å². The van der Waals surface area contributed by atoms with Gasteiger partial charge in [-0.05, 0) is 31.1 Å². The molecule has 23 heavy (non-hydrogen) atoms. The summed E-state index contributed by atoms with van der Waals surface area (Å²) in [6, 6.07) is 1.98. The second kappa shape index (κ2) is 10.1. The van der Waals surface area contributed by atoms with Gasteiger partial charge in [-0.1, -0.05) is 18.5 Å². The smallest absolute Gasteiger partial charge is 0.191 e. The zero-order valence-corrected chi connectivity index (χ0v) is 16.7. The van der Waals surface area contributed by atoms with E-state index in [1.807, 2.05) is 6.07 Å². The lowest BCUT2D eigenvalue weighted by Crippen LogP contribution is -2.46. The maximum absolute atomic E-state index is 5.27. The number of hydrogen-bond donors (Lipinski definition) is 2. The van der Waals surface area contributed by atoms with Crippen molar-refractivity contribution in [3.63, 3.8) is 0 Å². The molecule has 0 unspecified atom stereocenters. The van der Waals surface area contributed by atoms with Crippen LogP contribution in [0.2, 0.25) is 0 Å². The summed E-state index contributed by atoms with van der Waals surface area (Å²) < 4.78 is 10.5. The van der Waals surface area contributed by atoms with E-state index in [9.17, 15) is 0 Å². The number of aromatic nitrogens is 1. The van der Waals surface area contributed by atoms with E-state index in [0.29, 0.717) is 12.0 Å². The minimum Gasteiger partial charge on any atom is -0.385 e. The van der Waals surface area contributed by atoms with Gasteiger partial charge < -0.3 is 19.9 Å². The fourth-order valence-corrected chi connectivity index (χ4v) is 2.78. The van der Waals surface area contributed by atoms with Crippen LogP contribution in [-0.2, 0) is 17.7 Å². The van der Waals surface area contributed by atoms with Gasteiger partial charge in [0, 0.05) is 33.4 Å². The Morgan fingerprint density at radius 3 is 2.74 bits per heavy atom. The molecule has 0 atom stereocenters. The summed E-state index contributed by atoms with van der Waals surface area (Å²) in [5, 5.41) is 10.7. The van der Waals surface area contributed by atoms with Crippen LogP contribution in [0.5, 0.6) is 0 Å². The zero-order valence-electron chi connectivity index (χ0n) is 14.4. The van der Waals surface area contributed by atoms with E-state index >= 15 is 0 Å². The number of rotatable bonds is 8. The van der Waals surface area contributed by atoms with Crippen LogP contribution in [0.3, 0.4) is 0 Å². The molecule has 0 aliphatic heterocycles. The topological polar surface area (TPSA) is 71.7 Å². The maximum atomic E-state index is 5.27. The average molecular weight is 436 g/mol. The summed E-state index contributed by atoms with van der Waals surface area (Å²) in [6.45, 7) is 4.42. The van der Waals surface area contributed by atoms with Crippen molar-refractivity contribution in [2.75, 3.05) is 27.3 Å². The number of guanidine groups is 1. The molecule has 0 spiro atoms. The van der Waals surface area contributed by atoms with Gasteiger partial charge in [0.25, 0.3) is 0 Å². The molecule has 2 N–H and O–H groups in total. The zero-order chi connectivity index (χ0) is 15.8. The lowest BCUT2D eigenvalue weighted by atomic mass is 9.67. The van der Waals surface area contributed by atoms with Crippen LogP contribution >= 0.6 is 24.0 Å². The first-order valence-electron chi connectivity index (χ1n) is 8.09. The standard InChI is InChI=1S/C16H28N4O2.HI/c1-4-13-10-14(22-20-13)11-18-15(17-2)19-12-16(6-5-7-16)8-9-21-3;/h10H,4-9,11-12H2,1-3H3,(H2,17,18,19);1H. The minimum atomic E-state index is 0. The van der Waals surface area contributed by atoms with Gasteiger partial charge in [0.1, 0.15) is 0 Å². The molecule has 1 aliphatic carbocycles. The van der Waals surface area contributed by atoms with E-state index in [1.54, 1.807) is 14.2 Å². The predicted octanol–water partition coefficient (Wildman–Crippen LogP) is 2.73. The second-order valence-corrected chi connectivity index (χ2v) is 6.01. The van der Waals surface area contributed by atoms with Gasteiger partial charge in [0.2, 0.25) is 0 Å². The third kappa shape index (κ3) is 5.95. The van der Waals surface area contributed by atoms with Gasteiger partial charge >= 0.3 is 0 Å². The number of nitrogens with zero attached hydrogens (tertiary/aromatic N) is 2. The molecule has 7 heteroatoms. The Morgan fingerprint density at radius 2 is 2.22 bits per heavy atom. The van der Waals surface area contributed by atoms with Crippen molar-refractivity contribution in [1.29, 1.82) is 0 Å². The molecule has 1 saturated carbocycles. The van der Waals surface area contributed by atoms with Crippen LogP contribution in [0.1, 0.15) is 44.1 Å². The van der Waals surface area contributed by atoms with Crippen LogP contribution in [0.4, 0.5) is 0 Å². The van der Waals surface area contributed by atoms with Gasteiger partial charge in [0.15, 0.2) is 11.7 Å². The molecule has 6 nitrogen and oxygen atoms in total. The Kier molecular flexibility index (Phi) is 8.90. The number of aryl methyl sites for hydroxylation is 1. The highest BCUT2D eigenvalue weighted by molar-refractivity contribution is 14.0. The molecule has 1 heterocycles. The summed E-state index contributed by atoms with van der Waals surface area (Å²) in [5.41, 5.74) is 1.35. The average Bonchev–Trinajstić information content (AvgIpc) is 2.96. The highest BCUT2D eigenvalue weighted by atomic mass is 127. The third-order valence-electron chi connectivity index (χ3n) is 4.51. The predicted molar refractivity (Wildman–Crippen MR) is 102 cm³/mol. The van der Waals surface area contributed by atoms with Crippen molar-refractivity contribution in [2.45, 2.75) is 45.6 Å². The summed E-state index contributed by atoms with van der Waals surface area (Å²) in [6.07, 6.45) is 5.84. The second-order valence-electron chi connectivity index (χ2n) is 6.01. The quantitative estimate of drug-likeness (QED) is 0.373. The Morgan fingerprint density at radius 1 is 1.43 bits per heavy atom. The molecular weight excluding hydrogens is 407 g/mol. The number of aliphatic imine (C=N–C) groups is 1. The molecule has 132 valence electrons. The van der Waals surface area contributed by atoms with Crippen molar-refractivity contribution < 1.29 is 9.26 Å². The fraction of sp³-hybridized carbons (Fsp3) is 0.750. The van der Waals surface area contributed by atoms with Gasteiger partial charge in [-0.15, -0.1) is 24.0 Å². The maximum Gasteiger partial charge on any atom is 0.191 e. The summed E-state index contributed by atoms with van der Waals surface area (Å²) in [4.78, 5) is 4.27. The van der Waals surface area contributed by atoms with E-state index in [0.717, 1.165) is 43.4 Å². The molecule has 1 fully saturated rings. The summed E-state index contributed by atoms with van der Waals surface area (Å²) >= 11 is 0. The van der Waals surface area contributed by atoms with Gasteiger partial charge in [-0.3, -0.25) is 4.99 Å². The number of halogens is 1. The van der Waals surface area contributed by atoms with E-state index in [1.165, 1.54) is 19.3 Å². The highest BCUT2D eigenvalue weighted by Gasteiger charge is 2.36. The van der Waals surface area contributed by atoms with Crippen LogP contribution in [0, 0.1) is 5.41 Å². The van der Waals surface area contributed by atoms with Gasteiger partial charge in [-0.25, -0.2) is 0 Å².